The molecule has 0 bridgehead atoms. The molecule has 0 aromatic rings. The number of hydrogen-bond donors (Lipinski definition) is 0. The average molecular weight is 1140 g/mol. The van der Waals surface area contributed by atoms with Crippen molar-refractivity contribution in [3.05, 3.63) is 109 Å². The molecular formula is C76H130O6. The molecule has 0 aromatic heterocycles. The predicted octanol–water partition coefficient (Wildman–Crippen LogP) is 24.2. The van der Waals surface area contributed by atoms with Gasteiger partial charge in [-0.15, -0.1) is 0 Å². The molecule has 0 aliphatic heterocycles. The lowest BCUT2D eigenvalue weighted by molar-refractivity contribution is -0.166. The van der Waals surface area contributed by atoms with Gasteiger partial charge in [0.25, 0.3) is 0 Å². The highest BCUT2D eigenvalue weighted by molar-refractivity contribution is 5.71. The van der Waals surface area contributed by atoms with Gasteiger partial charge in [-0.05, 0) is 89.9 Å². The van der Waals surface area contributed by atoms with E-state index in [9.17, 15) is 14.4 Å². The first-order valence-electron chi connectivity index (χ1n) is 34.9. The summed E-state index contributed by atoms with van der Waals surface area (Å²) in [4.78, 5) is 38.3. The maximum Gasteiger partial charge on any atom is 0.306 e. The van der Waals surface area contributed by atoms with E-state index in [0.29, 0.717) is 19.3 Å². The van der Waals surface area contributed by atoms with E-state index in [0.717, 1.165) is 103 Å². The summed E-state index contributed by atoms with van der Waals surface area (Å²) in [7, 11) is 0. The molecule has 0 rings (SSSR count). The van der Waals surface area contributed by atoms with Crippen LogP contribution >= 0.6 is 0 Å². The number of allylic oxidation sites excluding steroid dienone is 18. The Balaban J connectivity index is 4.24. The highest BCUT2D eigenvalue weighted by atomic mass is 16.6. The van der Waals surface area contributed by atoms with Crippen molar-refractivity contribution in [3.63, 3.8) is 0 Å². The van der Waals surface area contributed by atoms with Crippen LogP contribution in [0.15, 0.2) is 109 Å². The van der Waals surface area contributed by atoms with Crippen LogP contribution in [-0.4, -0.2) is 37.2 Å². The van der Waals surface area contributed by atoms with Crippen molar-refractivity contribution in [2.75, 3.05) is 13.2 Å². The topological polar surface area (TPSA) is 78.9 Å². The summed E-state index contributed by atoms with van der Waals surface area (Å²) in [5.74, 6) is -1.02. The molecule has 82 heavy (non-hydrogen) atoms. The first-order valence-corrected chi connectivity index (χ1v) is 34.9. The molecule has 0 amide bonds. The van der Waals surface area contributed by atoms with Gasteiger partial charge in [-0.25, -0.2) is 0 Å². The van der Waals surface area contributed by atoms with Gasteiger partial charge in [0.05, 0.1) is 0 Å². The fourth-order valence-electron chi connectivity index (χ4n) is 9.90. The normalized spacial score (nSPS) is 12.8. The zero-order valence-corrected chi connectivity index (χ0v) is 54.0. The van der Waals surface area contributed by atoms with Crippen LogP contribution < -0.4 is 0 Å². The van der Waals surface area contributed by atoms with Gasteiger partial charge in [-0.1, -0.05) is 336 Å². The Morgan fingerprint density at radius 2 is 0.500 bits per heavy atom. The second-order valence-electron chi connectivity index (χ2n) is 23.0. The van der Waals surface area contributed by atoms with E-state index >= 15 is 0 Å². The van der Waals surface area contributed by atoms with Crippen LogP contribution in [0.3, 0.4) is 0 Å². The molecule has 0 aliphatic rings. The number of carbonyl (C=O) groups excluding carboxylic acids is 3. The Kier molecular flexibility index (Phi) is 66.2. The molecular weight excluding hydrogens is 1010 g/mol. The van der Waals surface area contributed by atoms with Gasteiger partial charge < -0.3 is 14.2 Å². The van der Waals surface area contributed by atoms with Crippen molar-refractivity contribution in [2.24, 2.45) is 0 Å². The Hall–Kier alpha value is -3.93. The van der Waals surface area contributed by atoms with E-state index < -0.39 is 12.1 Å². The largest absolute Gasteiger partial charge is 0.462 e. The quantitative estimate of drug-likeness (QED) is 0.0261. The lowest BCUT2D eigenvalue weighted by atomic mass is 10.0. The molecule has 0 heterocycles. The standard InChI is InChI=1S/C76H130O6/c1-4-7-10-13-16-19-22-25-27-29-31-32-33-34-35-36-37-38-39-40-41-42-43-45-46-48-51-54-57-60-63-66-69-75(78)81-72-73(71-80-74(77)68-65-62-59-56-53-50-24-21-18-15-12-9-6-3)82-76(79)70-67-64-61-58-55-52-49-47-44-30-28-26-23-20-17-14-11-8-5-2/h8-9,11-12,17-18,20-21,26,28,44,47,50,52-53,55,61,64,73H,4-7,10,13-16,19,22-25,27,29-43,45-46,48-49,51,54,56-60,62-63,65-72H2,1-3H3/b11-8-,12-9-,20-17-,21-18-,28-26-,47-44-,53-50-,55-52-,64-61-. The van der Waals surface area contributed by atoms with Crippen molar-refractivity contribution in [3.8, 4) is 0 Å². The summed E-state index contributed by atoms with van der Waals surface area (Å²) in [5, 5.41) is 0. The van der Waals surface area contributed by atoms with Crippen molar-refractivity contribution in [1.29, 1.82) is 0 Å². The highest BCUT2D eigenvalue weighted by Gasteiger charge is 2.19. The average Bonchev–Trinajstić information content (AvgIpc) is 3.47. The number of unbranched alkanes of at least 4 members (excludes halogenated alkanes) is 34. The van der Waals surface area contributed by atoms with Gasteiger partial charge in [0.15, 0.2) is 6.10 Å². The van der Waals surface area contributed by atoms with Gasteiger partial charge in [-0.3, -0.25) is 14.4 Å². The number of hydrogen-bond acceptors (Lipinski definition) is 6. The second-order valence-corrected chi connectivity index (χ2v) is 23.0. The van der Waals surface area contributed by atoms with E-state index in [-0.39, 0.29) is 31.6 Å². The molecule has 0 N–H and O–H groups in total. The van der Waals surface area contributed by atoms with Gasteiger partial charge in [0.2, 0.25) is 0 Å². The first kappa shape index (κ1) is 78.1. The van der Waals surface area contributed by atoms with Crippen molar-refractivity contribution in [1.82, 2.24) is 0 Å². The fraction of sp³-hybridized carbons (Fsp3) is 0.724. The van der Waals surface area contributed by atoms with Crippen molar-refractivity contribution >= 4 is 17.9 Å². The lowest BCUT2D eigenvalue weighted by Gasteiger charge is -2.18. The molecule has 0 fully saturated rings. The number of esters is 3. The molecule has 470 valence electrons. The van der Waals surface area contributed by atoms with E-state index in [4.69, 9.17) is 14.2 Å². The molecule has 1 atom stereocenters. The van der Waals surface area contributed by atoms with Crippen molar-refractivity contribution in [2.45, 2.75) is 341 Å². The Morgan fingerprint density at radius 3 is 0.793 bits per heavy atom. The monoisotopic (exact) mass is 1140 g/mol. The molecule has 6 nitrogen and oxygen atoms in total. The van der Waals surface area contributed by atoms with Crippen LogP contribution in [0.25, 0.3) is 0 Å². The first-order chi connectivity index (χ1) is 40.5. The molecule has 0 saturated heterocycles. The minimum absolute atomic E-state index is 0.117. The summed E-state index contributed by atoms with van der Waals surface area (Å²) in [6, 6.07) is 0. The zero-order valence-electron chi connectivity index (χ0n) is 54.0. The van der Waals surface area contributed by atoms with Crippen LogP contribution in [0.5, 0.6) is 0 Å². The lowest BCUT2D eigenvalue weighted by Crippen LogP contribution is -2.30. The van der Waals surface area contributed by atoms with Crippen molar-refractivity contribution < 1.29 is 28.6 Å². The third-order valence-corrected chi connectivity index (χ3v) is 15.0. The number of carbonyl (C=O) groups is 3. The van der Waals surface area contributed by atoms with E-state index in [1.807, 2.05) is 6.08 Å². The molecule has 6 heteroatoms. The zero-order chi connectivity index (χ0) is 59.2. The Morgan fingerprint density at radius 1 is 0.256 bits per heavy atom. The van der Waals surface area contributed by atoms with E-state index in [1.54, 1.807) is 0 Å². The van der Waals surface area contributed by atoms with E-state index in [1.165, 1.54) is 186 Å². The third-order valence-electron chi connectivity index (χ3n) is 15.0. The molecule has 0 radical (unpaired) electrons. The summed E-state index contributed by atoms with van der Waals surface area (Å²) < 4.78 is 16.8. The van der Waals surface area contributed by atoms with Gasteiger partial charge in [0, 0.05) is 19.3 Å². The number of rotatable bonds is 63. The highest BCUT2D eigenvalue weighted by Crippen LogP contribution is 2.18. The van der Waals surface area contributed by atoms with Crippen LogP contribution in [0, 0.1) is 0 Å². The third kappa shape index (κ3) is 66.9. The van der Waals surface area contributed by atoms with Crippen LogP contribution in [0.1, 0.15) is 335 Å². The Bertz CT molecular complexity index is 1640. The predicted molar refractivity (Wildman–Crippen MR) is 357 cm³/mol. The molecule has 0 saturated carbocycles. The summed E-state index contributed by atoms with van der Waals surface area (Å²) in [6.45, 7) is 6.36. The van der Waals surface area contributed by atoms with Gasteiger partial charge in [0.1, 0.15) is 13.2 Å². The molecule has 0 aliphatic carbocycles. The minimum atomic E-state index is -0.833. The molecule has 0 spiro atoms. The maximum absolute atomic E-state index is 12.9. The minimum Gasteiger partial charge on any atom is -0.462 e. The summed E-state index contributed by atoms with van der Waals surface area (Å²) >= 11 is 0. The summed E-state index contributed by atoms with van der Waals surface area (Å²) in [6.07, 6.45) is 95.9. The second kappa shape index (κ2) is 69.6. The Labute approximate surface area is 508 Å². The smallest absolute Gasteiger partial charge is 0.306 e. The van der Waals surface area contributed by atoms with Crippen LogP contribution in [0.2, 0.25) is 0 Å². The van der Waals surface area contributed by atoms with Gasteiger partial charge >= 0.3 is 17.9 Å². The van der Waals surface area contributed by atoms with E-state index in [2.05, 4.69) is 124 Å². The maximum atomic E-state index is 12.9. The van der Waals surface area contributed by atoms with Crippen LogP contribution in [0.4, 0.5) is 0 Å². The molecule has 1 unspecified atom stereocenters. The van der Waals surface area contributed by atoms with Crippen LogP contribution in [-0.2, 0) is 28.6 Å². The van der Waals surface area contributed by atoms with Gasteiger partial charge in [-0.2, -0.15) is 0 Å². The molecule has 0 aromatic carbocycles. The summed E-state index contributed by atoms with van der Waals surface area (Å²) in [5.41, 5.74) is 0. The SMILES string of the molecule is CC/C=C\C/C=C\C/C=C\C/C=C\C/C=C\C/C=C\CCC(=O)OC(COC(=O)CCCCC/C=C\C/C=C\C/C=C\CC)COC(=O)CCCCCCCCCCCCCCCCCCCCCCCCCCCCCCCCCC. The number of ether oxygens (including phenoxy) is 3. The fourth-order valence-corrected chi connectivity index (χ4v) is 9.90.